The van der Waals surface area contributed by atoms with Gasteiger partial charge in [0, 0.05) is 36.6 Å². The van der Waals surface area contributed by atoms with Gasteiger partial charge in [0.05, 0.1) is 19.2 Å². The van der Waals surface area contributed by atoms with Gasteiger partial charge < -0.3 is 9.30 Å². The number of hydrogen-bond donors (Lipinski definition) is 0. The van der Waals surface area contributed by atoms with Crippen molar-refractivity contribution in [3.05, 3.63) is 58.3 Å². The first-order chi connectivity index (χ1) is 15.1. The number of hydrogen-bond acceptors (Lipinski definition) is 6. The monoisotopic (exact) mass is 441 g/mol. The van der Waals surface area contributed by atoms with Crippen LogP contribution in [-0.4, -0.2) is 57.4 Å². The fraction of sp³-hybridized carbons (Fsp3) is 0.409. The Kier molecular flexibility index (Phi) is 5.23. The molecule has 9 heteroatoms. The first-order valence-corrected chi connectivity index (χ1v) is 11.2. The summed E-state index contributed by atoms with van der Waals surface area (Å²) in [6, 6.07) is 10.6. The van der Waals surface area contributed by atoms with E-state index in [2.05, 4.69) is 37.2 Å². The minimum atomic E-state index is -0.349. The summed E-state index contributed by atoms with van der Waals surface area (Å²) in [6.07, 6.45) is 1.38. The molecule has 0 bridgehead atoms. The lowest BCUT2D eigenvalue weighted by atomic mass is 9.84. The average Bonchev–Trinajstić information content (AvgIpc) is 3.46. The molecule has 31 heavy (non-hydrogen) atoms. The maximum atomic E-state index is 13.5. The van der Waals surface area contributed by atoms with Crippen molar-refractivity contribution in [1.82, 2.24) is 24.6 Å². The number of fused-ring (bicyclic) bond motifs is 2. The van der Waals surface area contributed by atoms with Crippen molar-refractivity contribution >= 4 is 17.4 Å². The summed E-state index contributed by atoms with van der Waals surface area (Å²) in [5.41, 5.74) is 0.507. The number of piperidine rings is 1. The van der Waals surface area contributed by atoms with Crippen molar-refractivity contribution in [3.8, 4) is 11.4 Å². The fourth-order valence-electron chi connectivity index (χ4n) is 4.75. The lowest BCUT2D eigenvalue weighted by molar-refractivity contribution is 0.0344. The molecule has 1 amide bonds. The van der Waals surface area contributed by atoms with E-state index >= 15 is 0 Å². The maximum absolute atomic E-state index is 13.5. The van der Waals surface area contributed by atoms with Gasteiger partial charge in [0.15, 0.2) is 11.6 Å². The summed E-state index contributed by atoms with van der Waals surface area (Å²) in [5.74, 6) is 1.18. The van der Waals surface area contributed by atoms with Gasteiger partial charge in [-0.05, 0) is 48.6 Å². The quantitative estimate of drug-likeness (QED) is 0.620. The Morgan fingerprint density at radius 1 is 1.19 bits per heavy atom. The number of nitrogens with zero attached hydrogens (tertiary/aromatic N) is 5. The van der Waals surface area contributed by atoms with E-state index in [0.29, 0.717) is 13.1 Å². The van der Waals surface area contributed by atoms with Crippen LogP contribution >= 0.6 is 11.3 Å². The number of aromatic nitrogens is 3. The first kappa shape index (κ1) is 20.1. The highest BCUT2D eigenvalue weighted by molar-refractivity contribution is 7.09. The zero-order valence-corrected chi connectivity index (χ0v) is 18.1. The first-order valence-electron chi connectivity index (χ1n) is 10.4. The Morgan fingerprint density at radius 2 is 1.97 bits per heavy atom. The zero-order chi connectivity index (χ0) is 21.4. The Hall–Kier alpha value is -2.78. The van der Waals surface area contributed by atoms with Crippen LogP contribution in [0.25, 0.3) is 11.4 Å². The molecule has 0 N–H and O–H groups in total. The van der Waals surface area contributed by atoms with Crippen LogP contribution in [0.4, 0.5) is 9.18 Å². The van der Waals surface area contributed by atoms with Gasteiger partial charge in [0.25, 0.3) is 0 Å². The van der Waals surface area contributed by atoms with Crippen molar-refractivity contribution in [1.29, 1.82) is 0 Å². The summed E-state index contributed by atoms with van der Waals surface area (Å²) >= 11 is 1.77. The lowest BCUT2D eigenvalue weighted by Gasteiger charge is -2.48. The second kappa shape index (κ2) is 8.05. The predicted molar refractivity (Wildman–Crippen MR) is 115 cm³/mol. The molecule has 0 radical (unpaired) electrons. The normalized spacial score (nSPS) is 18.2. The molecule has 1 aromatic carbocycles. The molecule has 0 unspecified atom stereocenters. The maximum Gasteiger partial charge on any atom is 0.409 e. The summed E-state index contributed by atoms with van der Waals surface area (Å²) in [7, 11) is 1.40. The molecule has 5 rings (SSSR count). The second-order valence-corrected chi connectivity index (χ2v) is 9.22. The molecular weight excluding hydrogens is 417 g/mol. The van der Waals surface area contributed by atoms with Gasteiger partial charge in [-0.15, -0.1) is 21.5 Å². The number of halogens is 1. The Morgan fingerprint density at radius 3 is 2.65 bits per heavy atom. The second-order valence-electron chi connectivity index (χ2n) is 8.19. The molecule has 2 aromatic heterocycles. The number of amides is 1. The smallest absolute Gasteiger partial charge is 0.409 e. The highest BCUT2D eigenvalue weighted by atomic mass is 32.1. The molecule has 7 nitrogen and oxygen atoms in total. The van der Waals surface area contributed by atoms with Crippen molar-refractivity contribution in [2.24, 2.45) is 0 Å². The van der Waals surface area contributed by atoms with E-state index in [0.717, 1.165) is 49.7 Å². The molecule has 2 aliphatic rings. The number of benzene rings is 1. The Labute approximate surface area is 184 Å². The van der Waals surface area contributed by atoms with Gasteiger partial charge in [0.2, 0.25) is 0 Å². The van der Waals surface area contributed by atoms with Crippen LogP contribution in [0, 0.1) is 5.82 Å². The number of likely N-dealkylation sites (tertiary alicyclic amines) is 1. The van der Waals surface area contributed by atoms with E-state index in [1.807, 2.05) is 0 Å². The van der Waals surface area contributed by atoms with Gasteiger partial charge in [-0.3, -0.25) is 9.80 Å². The topological polar surface area (TPSA) is 63.5 Å². The van der Waals surface area contributed by atoms with E-state index in [1.165, 1.54) is 24.1 Å². The summed E-state index contributed by atoms with van der Waals surface area (Å²) < 4.78 is 20.7. The molecule has 0 atom stereocenters. The Balaban J connectivity index is 1.48. The van der Waals surface area contributed by atoms with Crippen molar-refractivity contribution < 1.29 is 13.9 Å². The van der Waals surface area contributed by atoms with Gasteiger partial charge in [-0.25, -0.2) is 9.18 Å². The predicted octanol–water partition coefficient (Wildman–Crippen LogP) is 3.72. The van der Waals surface area contributed by atoms with Crippen LogP contribution in [0.2, 0.25) is 0 Å². The van der Waals surface area contributed by atoms with Crippen LogP contribution in [-0.2, 0) is 23.4 Å². The lowest BCUT2D eigenvalue weighted by Crippen LogP contribution is -2.56. The number of carbonyl (C=O) groups excluding carboxylic acids is 1. The molecule has 1 spiro atoms. The minimum Gasteiger partial charge on any atom is -0.453 e. The van der Waals surface area contributed by atoms with Gasteiger partial charge >= 0.3 is 6.09 Å². The standard InChI is InChI=1S/C22H24FN5O2S/c1-30-21(29)27-14-19-24-25-20(16-4-6-17(23)7-5-16)28(19)22(15-27)8-10-26(11-9-22)13-18-3-2-12-31-18/h2-7,12H,8-11,13-15H2,1H3. The molecule has 0 aliphatic carbocycles. The van der Waals surface area contributed by atoms with E-state index in [9.17, 15) is 9.18 Å². The van der Waals surface area contributed by atoms with Gasteiger partial charge in [-0.2, -0.15) is 0 Å². The van der Waals surface area contributed by atoms with Gasteiger partial charge in [-0.1, -0.05) is 6.07 Å². The number of carbonyl (C=O) groups is 1. The third-order valence-corrected chi connectivity index (χ3v) is 7.16. The Bertz CT molecular complexity index is 1060. The summed E-state index contributed by atoms with van der Waals surface area (Å²) in [5, 5.41) is 11.0. The number of ether oxygens (including phenoxy) is 1. The third-order valence-electron chi connectivity index (χ3n) is 6.30. The molecule has 162 valence electrons. The average molecular weight is 442 g/mol. The highest BCUT2D eigenvalue weighted by Gasteiger charge is 2.45. The van der Waals surface area contributed by atoms with E-state index in [4.69, 9.17) is 4.74 Å². The van der Waals surface area contributed by atoms with Gasteiger partial charge in [0.1, 0.15) is 5.82 Å². The van der Waals surface area contributed by atoms with Crippen LogP contribution < -0.4 is 0 Å². The van der Waals surface area contributed by atoms with E-state index in [-0.39, 0.29) is 17.4 Å². The number of rotatable bonds is 3. The summed E-state index contributed by atoms with van der Waals surface area (Å²) in [4.78, 5) is 17.9. The van der Waals surface area contributed by atoms with Crippen molar-refractivity contribution in [2.75, 3.05) is 26.7 Å². The third kappa shape index (κ3) is 3.72. The molecule has 3 aromatic rings. The molecule has 2 aliphatic heterocycles. The van der Waals surface area contributed by atoms with Crippen LogP contribution in [0.1, 0.15) is 23.5 Å². The SMILES string of the molecule is COC(=O)N1Cc2nnc(-c3ccc(F)cc3)n2C2(CCN(Cc3cccs3)CC2)C1. The minimum absolute atomic E-state index is 0.282. The van der Waals surface area contributed by atoms with Crippen LogP contribution in [0.15, 0.2) is 41.8 Å². The van der Waals surface area contributed by atoms with Crippen LogP contribution in [0.3, 0.4) is 0 Å². The van der Waals surface area contributed by atoms with Crippen LogP contribution in [0.5, 0.6) is 0 Å². The fourth-order valence-corrected chi connectivity index (χ4v) is 5.49. The molecule has 4 heterocycles. The molecule has 1 fully saturated rings. The zero-order valence-electron chi connectivity index (χ0n) is 17.3. The number of thiophene rings is 1. The van der Waals surface area contributed by atoms with E-state index in [1.54, 1.807) is 28.4 Å². The van der Waals surface area contributed by atoms with E-state index < -0.39 is 0 Å². The molecular formula is C22H24FN5O2S. The largest absolute Gasteiger partial charge is 0.453 e. The molecule has 0 saturated carbocycles. The van der Waals surface area contributed by atoms with Crippen molar-refractivity contribution in [3.63, 3.8) is 0 Å². The molecule has 1 saturated heterocycles. The highest BCUT2D eigenvalue weighted by Crippen LogP contribution is 2.39. The number of methoxy groups -OCH3 is 1. The van der Waals surface area contributed by atoms with Crippen molar-refractivity contribution in [2.45, 2.75) is 31.5 Å². The summed E-state index contributed by atoms with van der Waals surface area (Å²) in [6.45, 7) is 3.66.